The van der Waals surface area contributed by atoms with Crippen LogP contribution in [0.4, 0.5) is 25.2 Å². The number of nitrogens with zero attached hydrogens (tertiary/aromatic N) is 2. The molecular formula is C21H41F6N2P. The first kappa shape index (κ1) is 29.2. The number of imidazole rings is 1. The van der Waals surface area contributed by atoms with Gasteiger partial charge in [-0.25, -0.2) is 9.13 Å². The van der Waals surface area contributed by atoms with Crippen molar-refractivity contribution in [3.05, 3.63) is 18.2 Å². The quantitative estimate of drug-likeness (QED) is 0.105. The second-order valence-corrected chi connectivity index (χ2v) is 10.1. The van der Waals surface area contributed by atoms with Crippen molar-refractivity contribution in [1.29, 1.82) is 0 Å². The van der Waals surface area contributed by atoms with Gasteiger partial charge < -0.3 is 0 Å². The summed E-state index contributed by atoms with van der Waals surface area (Å²) in [6.45, 7) is 5.68. The average Bonchev–Trinajstić information content (AvgIpc) is 2.91. The van der Waals surface area contributed by atoms with E-state index in [9.17, 15) is 25.2 Å². The number of aromatic nitrogens is 2. The van der Waals surface area contributed by atoms with Crippen LogP contribution in [0.2, 0.25) is 0 Å². The van der Waals surface area contributed by atoms with E-state index < -0.39 is 7.81 Å². The van der Waals surface area contributed by atoms with Crippen LogP contribution in [-0.2, 0) is 13.6 Å². The van der Waals surface area contributed by atoms with Crippen molar-refractivity contribution >= 4 is 7.81 Å². The van der Waals surface area contributed by atoms with Crippen LogP contribution in [0.3, 0.4) is 0 Å². The van der Waals surface area contributed by atoms with E-state index in [0.29, 0.717) is 0 Å². The Morgan fingerprint density at radius 2 is 1.03 bits per heavy atom. The SMILES string of the molecule is CCCCCCCCCCCCCCCCn1cc[n+](C)c1C.F[P-](F)(F)(F)(F)F. The molecule has 30 heavy (non-hydrogen) atoms. The Morgan fingerprint density at radius 3 is 1.33 bits per heavy atom. The standard InChI is InChI=1S/C21H41N2.F6P/c1-4-5-6-7-8-9-10-11-12-13-14-15-16-17-18-23-20-19-22(3)21(23)2;1-7(2,3,4,5)6/h19-20H,4-18H2,1-3H3;/q+1;-1. The molecule has 1 aromatic heterocycles. The van der Waals surface area contributed by atoms with Gasteiger partial charge in [-0.2, -0.15) is 0 Å². The molecule has 0 radical (unpaired) electrons. The van der Waals surface area contributed by atoms with Crippen LogP contribution in [0.15, 0.2) is 12.4 Å². The van der Waals surface area contributed by atoms with Crippen LogP contribution < -0.4 is 4.57 Å². The fraction of sp³-hybridized carbons (Fsp3) is 0.857. The summed E-state index contributed by atoms with van der Waals surface area (Å²) in [5, 5.41) is 0. The number of aryl methyl sites for hydroxylation is 2. The number of hydrogen-bond donors (Lipinski definition) is 0. The van der Waals surface area contributed by atoms with E-state index >= 15 is 0 Å². The second kappa shape index (κ2) is 12.9. The van der Waals surface area contributed by atoms with Gasteiger partial charge in [0.05, 0.1) is 13.6 Å². The molecule has 0 N–H and O–H groups in total. The predicted octanol–water partition coefficient (Wildman–Crippen LogP) is 9.48. The van der Waals surface area contributed by atoms with Crippen molar-refractivity contribution in [2.45, 2.75) is 110 Å². The average molecular weight is 467 g/mol. The molecule has 1 heterocycles. The third-order valence-electron chi connectivity index (χ3n) is 5.15. The van der Waals surface area contributed by atoms with Crippen molar-refractivity contribution in [2.75, 3.05) is 0 Å². The molecule has 0 aliphatic carbocycles. The van der Waals surface area contributed by atoms with Gasteiger partial charge in [0.2, 0.25) is 0 Å². The van der Waals surface area contributed by atoms with Crippen LogP contribution in [0.5, 0.6) is 0 Å². The number of halogens is 6. The first-order chi connectivity index (χ1) is 13.7. The zero-order chi connectivity index (χ0) is 23.2. The molecule has 0 spiro atoms. The summed E-state index contributed by atoms with van der Waals surface area (Å²) in [6, 6.07) is 0. The molecule has 182 valence electrons. The first-order valence-corrected chi connectivity index (χ1v) is 13.3. The summed E-state index contributed by atoms with van der Waals surface area (Å²) >= 11 is 0. The Bertz CT molecular complexity index is 558. The van der Waals surface area contributed by atoms with Crippen LogP contribution in [-0.4, -0.2) is 4.57 Å². The number of hydrogen-bond acceptors (Lipinski definition) is 0. The number of rotatable bonds is 15. The van der Waals surface area contributed by atoms with E-state index in [4.69, 9.17) is 0 Å². The molecular weight excluding hydrogens is 425 g/mol. The number of unbranched alkanes of at least 4 members (excludes halogenated alkanes) is 13. The van der Waals surface area contributed by atoms with Crippen LogP contribution >= 0.6 is 7.81 Å². The summed E-state index contributed by atoms with van der Waals surface area (Å²) in [7, 11) is -8.54. The summed E-state index contributed by atoms with van der Waals surface area (Å²) in [6.07, 6.45) is 24.4. The second-order valence-electron chi connectivity index (χ2n) is 8.20. The third-order valence-corrected chi connectivity index (χ3v) is 5.15. The first-order valence-electron chi connectivity index (χ1n) is 11.3. The molecule has 2 nitrogen and oxygen atoms in total. The molecule has 0 aliphatic heterocycles. The normalized spacial score (nSPS) is 14.0. The van der Waals surface area contributed by atoms with Gasteiger partial charge in [-0.3, -0.25) is 0 Å². The maximum atomic E-state index is 9.87. The van der Waals surface area contributed by atoms with Gasteiger partial charge in [0.25, 0.3) is 5.82 Å². The van der Waals surface area contributed by atoms with Gasteiger partial charge >= 0.3 is 33.0 Å². The molecule has 0 aliphatic rings. The monoisotopic (exact) mass is 466 g/mol. The Hall–Kier alpha value is -0.780. The summed E-state index contributed by atoms with van der Waals surface area (Å²) < 4.78 is 63.8. The van der Waals surface area contributed by atoms with Gasteiger partial charge in [-0.1, -0.05) is 84.0 Å². The van der Waals surface area contributed by atoms with Crippen LogP contribution in [0.1, 0.15) is 103 Å². The molecule has 0 amide bonds. The molecule has 9 heteroatoms. The van der Waals surface area contributed by atoms with Gasteiger partial charge in [0.15, 0.2) is 0 Å². The van der Waals surface area contributed by atoms with Crippen molar-refractivity contribution in [3.63, 3.8) is 0 Å². The fourth-order valence-corrected chi connectivity index (χ4v) is 3.31. The van der Waals surface area contributed by atoms with Crippen LogP contribution in [0.25, 0.3) is 0 Å². The summed E-state index contributed by atoms with van der Waals surface area (Å²) in [4.78, 5) is 0. The van der Waals surface area contributed by atoms with Gasteiger partial charge in [0, 0.05) is 6.92 Å². The Kier molecular flexibility index (Phi) is 12.6. The molecule has 1 aromatic rings. The maximum absolute atomic E-state index is 10.7. The van der Waals surface area contributed by atoms with E-state index in [1.807, 2.05) is 0 Å². The zero-order valence-corrected chi connectivity index (χ0v) is 19.8. The molecule has 0 fully saturated rings. The van der Waals surface area contributed by atoms with Crippen molar-refractivity contribution < 1.29 is 29.7 Å². The van der Waals surface area contributed by atoms with Crippen LogP contribution in [0, 0.1) is 6.92 Å². The summed E-state index contributed by atoms with van der Waals surface area (Å²) in [5.74, 6) is 1.36. The molecule has 0 saturated heterocycles. The van der Waals surface area contributed by atoms with Gasteiger partial charge in [0.1, 0.15) is 12.4 Å². The van der Waals surface area contributed by atoms with E-state index in [2.05, 4.69) is 42.4 Å². The summed E-state index contributed by atoms with van der Waals surface area (Å²) in [5.41, 5.74) is 0. The minimum atomic E-state index is -10.7. The topological polar surface area (TPSA) is 8.81 Å². The van der Waals surface area contributed by atoms with Crippen molar-refractivity contribution in [2.24, 2.45) is 7.05 Å². The molecule has 0 unspecified atom stereocenters. The van der Waals surface area contributed by atoms with Gasteiger partial charge in [-0.05, 0) is 12.8 Å². The molecule has 0 saturated carbocycles. The third kappa shape index (κ3) is 23.5. The molecule has 0 atom stereocenters. The van der Waals surface area contributed by atoms with E-state index in [1.165, 1.54) is 102 Å². The predicted molar refractivity (Wildman–Crippen MR) is 114 cm³/mol. The molecule has 1 rings (SSSR count). The molecule has 0 aromatic carbocycles. The Balaban J connectivity index is 0.00000103. The Morgan fingerprint density at radius 1 is 0.700 bits per heavy atom. The van der Waals surface area contributed by atoms with E-state index in [0.717, 1.165) is 0 Å². The molecule has 0 bridgehead atoms. The fourth-order valence-electron chi connectivity index (χ4n) is 3.31. The van der Waals surface area contributed by atoms with Gasteiger partial charge in [-0.15, -0.1) is 0 Å². The Labute approximate surface area is 178 Å². The zero-order valence-electron chi connectivity index (χ0n) is 18.9. The minimum absolute atomic E-state index is 1.19. The van der Waals surface area contributed by atoms with Crippen molar-refractivity contribution in [3.8, 4) is 0 Å². The van der Waals surface area contributed by atoms with E-state index in [-0.39, 0.29) is 0 Å². The van der Waals surface area contributed by atoms with E-state index in [1.54, 1.807) is 0 Å². The van der Waals surface area contributed by atoms with Crippen molar-refractivity contribution in [1.82, 2.24) is 4.57 Å².